The summed E-state index contributed by atoms with van der Waals surface area (Å²) in [6.07, 6.45) is -6.65. The second kappa shape index (κ2) is 9.18. The Morgan fingerprint density at radius 2 is 1.84 bits per heavy atom. The number of aromatic nitrogens is 2. The van der Waals surface area contributed by atoms with Gasteiger partial charge in [0.1, 0.15) is 30.2 Å². The Balaban J connectivity index is 1.80. The van der Waals surface area contributed by atoms with E-state index in [-0.39, 0.29) is 5.56 Å². The molecule has 0 spiro atoms. The molecule has 1 fully saturated rings. The smallest absolute Gasteiger partial charge is 0.266 e. The lowest BCUT2D eigenvalue weighted by atomic mass is 9.98. The molecule has 170 valence electrons. The van der Waals surface area contributed by atoms with Gasteiger partial charge in [0.25, 0.3) is 5.56 Å². The number of anilines is 1. The maximum absolute atomic E-state index is 13.4. The second-order valence-electron chi connectivity index (χ2n) is 7.49. The SMILES string of the molecule is Cc1nc2c(Br)cc(Br)cc2c(=O)n1-c1ccccc1N[C@H]1O[C@@H](CO)[C@@H](O)[C@@H](O)[C@@H]1O. The van der Waals surface area contributed by atoms with Crippen molar-refractivity contribution in [3.8, 4) is 5.69 Å². The first-order valence-corrected chi connectivity index (χ1v) is 11.4. The molecule has 0 saturated carbocycles. The number of para-hydroxylation sites is 2. The van der Waals surface area contributed by atoms with E-state index in [2.05, 4.69) is 42.2 Å². The van der Waals surface area contributed by atoms with Crippen LogP contribution in [0, 0.1) is 6.92 Å². The monoisotopic (exact) mass is 569 g/mol. The van der Waals surface area contributed by atoms with Crippen molar-refractivity contribution in [2.75, 3.05) is 11.9 Å². The highest BCUT2D eigenvalue weighted by atomic mass is 79.9. The molecule has 0 radical (unpaired) electrons. The third-order valence-corrected chi connectivity index (χ3v) is 6.46. The maximum Gasteiger partial charge on any atom is 0.266 e. The van der Waals surface area contributed by atoms with E-state index in [0.717, 1.165) is 4.47 Å². The van der Waals surface area contributed by atoms with Gasteiger partial charge in [-0.3, -0.25) is 9.36 Å². The highest BCUT2D eigenvalue weighted by molar-refractivity contribution is 9.11. The van der Waals surface area contributed by atoms with Crippen molar-refractivity contribution in [2.24, 2.45) is 0 Å². The van der Waals surface area contributed by atoms with Crippen LogP contribution in [0.5, 0.6) is 0 Å². The van der Waals surface area contributed by atoms with Crippen LogP contribution in [0.3, 0.4) is 0 Å². The zero-order valence-electron chi connectivity index (χ0n) is 16.8. The van der Waals surface area contributed by atoms with Crippen molar-refractivity contribution >= 4 is 48.5 Å². The van der Waals surface area contributed by atoms with Gasteiger partial charge in [-0.1, -0.05) is 28.1 Å². The molecule has 5 atom stereocenters. The van der Waals surface area contributed by atoms with Crippen molar-refractivity contribution in [2.45, 2.75) is 37.6 Å². The third-order valence-electron chi connectivity index (χ3n) is 5.39. The number of aliphatic hydroxyl groups is 4. The van der Waals surface area contributed by atoms with E-state index in [9.17, 15) is 25.2 Å². The average molecular weight is 571 g/mol. The van der Waals surface area contributed by atoms with Crippen LogP contribution in [-0.2, 0) is 4.74 Å². The van der Waals surface area contributed by atoms with E-state index in [4.69, 9.17) is 4.74 Å². The zero-order valence-corrected chi connectivity index (χ0v) is 20.0. The molecular formula is C21H21Br2N3O6. The molecule has 0 bridgehead atoms. The standard InChI is InChI=1S/C21H21Br2N3O6/c1-9-24-16-11(6-10(22)7-12(16)23)21(31)26(9)14-5-3-2-4-13(14)25-20-19(30)18(29)17(28)15(8-27)32-20/h2-7,15,17-20,25,27-30H,8H2,1H3/t15-,17+,18+,19-,20-/m0/s1. The molecule has 4 rings (SSSR count). The molecule has 0 amide bonds. The van der Waals surface area contributed by atoms with Crippen molar-refractivity contribution in [1.82, 2.24) is 9.55 Å². The minimum absolute atomic E-state index is 0.294. The molecule has 1 saturated heterocycles. The van der Waals surface area contributed by atoms with E-state index in [1.807, 2.05) is 6.07 Å². The highest BCUT2D eigenvalue weighted by Gasteiger charge is 2.43. The summed E-state index contributed by atoms with van der Waals surface area (Å²) in [5.74, 6) is 0.438. The predicted molar refractivity (Wildman–Crippen MR) is 125 cm³/mol. The van der Waals surface area contributed by atoms with E-state index in [0.29, 0.717) is 32.6 Å². The number of rotatable bonds is 4. The van der Waals surface area contributed by atoms with Crippen LogP contribution in [0.25, 0.3) is 16.6 Å². The van der Waals surface area contributed by atoms with Gasteiger partial charge >= 0.3 is 0 Å². The topological polar surface area (TPSA) is 137 Å². The fourth-order valence-corrected chi connectivity index (χ4v) is 5.08. The molecule has 5 N–H and O–H groups in total. The second-order valence-corrected chi connectivity index (χ2v) is 9.26. The molecule has 9 nitrogen and oxygen atoms in total. The summed E-state index contributed by atoms with van der Waals surface area (Å²) in [7, 11) is 0. The summed E-state index contributed by atoms with van der Waals surface area (Å²) in [6, 6.07) is 10.4. The number of ether oxygens (including phenoxy) is 1. The van der Waals surface area contributed by atoms with Crippen molar-refractivity contribution < 1.29 is 25.2 Å². The number of halogens is 2. The number of fused-ring (bicyclic) bond motifs is 1. The fourth-order valence-electron chi connectivity index (χ4n) is 3.77. The van der Waals surface area contributed by atoms with Crippen molar-refractivity contribution in [3.05, 3.63) is 61.5 Å². The maximum atomic E-state index is 13.4. The molecule has 0 aliphatic carbocycles. The zero-order chi connectivity index (χ0) is 23.2. The number of nitrogens with one attached hydrogen (secondary N) is 1. The number of hydrogen-bond donors (Lipinski definition) is 5. The lowest BCUT2D eigenvalue weighted by molar-refractivity contribution is -0.221. The molecule has 2 aromatic carbocycles. The van der Waals surface area contributed by atoms with Gasteiger partial charge in [-0.25, -0.2) is 4.98 Å². The minimum Gasteiger partial charge on any atom is -0.394 e. The average Bonchev–Trinajstić information content (AvgIpc) is 2.76. The molecule has 1 aliphatic heterocycles. The summed E-state index contributed by atoms with van der Waals surface area (Å²) in [6.45, 7) is 1.17. The summed E-state index contributed by atoms with van der Waals surface area (Å²) in [4.78, 5) is 18.0. The Hall–Kier alpha value is -1.86. The summed E-state index contributed by atoms with van der Waals surface area (Å²) >= 11 is 6.84. The Kier molecular flexibility index (Phi) is 6.68. The van der Waals surface area contributed by atoms with Crippen molar-refractivity contribution in [3.63, 3.8) is 0 Å². The van der Waals surface area contributed by atoms with Gasteiger partial charge in [-0.2, -0.15) is 0 Å². The Labute approximate surface area is 199 Å². The Morgan fingerprint density at radius 3 is 2.56 bits per heavy atom. The number of aryl methyl sites for hydroxylation is 1. The quantitative estimate of drug-likeness (QED) is 0.318. The van der Waals surface area contributed by atoms with Crippen LogP contribution in [0.1, 0.15) is 5.82 Å². The lowest BCUT2D eigenvalue weighted by Gasteiger charge is -2.40. The molecule has 11 heteroatoms. The molecule has 2 heterocycles. The molecule has 0 unspecified atom stereocenters. The van der Waals surface area contributed by atoms with Crippen molar-refractivity contribution in [1.29, 1.82) is 0 Å². The molecule has 3 aromatic rings. The van der Waals surface area contributed by atoms with Crippen LogP contribution in [-0.4, -0.2) is 67.2 Å². The van der Waals surface area contributed by atoms with Crippen LogP contribution in [0.15, 0.2) is 50.1 Å². The van der Waals surface area contributed by atoms with Crippen LogP contribution in [0.4, 0.5) is 5.69 Å². The van der Waals surface area contributed by atoms with Gasteiger partial charge in [0.2, 0.25) is 0 Å². The van der Waals surface area contributed by atoms with E-state index < -0.39 is 37.3 Å². The largest absolute Gasteiger partial charge is 0.394 e. The Bertz CT molecular complexity index is 1220. The van der Waals surface area contributed by atoms with Gasteiger partial charge in [0.05, 0.1) is 28.9 Å². The highest BCUT2D eigenvalue weighted by Crippen LogP contribution is 2.29. The van der Waals surface area contributed by atoms with Gasteiger partial charge in [0, 0.05) is 8.95 Å². The number of aliphatic hydroxyl groups excluding tert-OH is 4. The number of benzene rings is 2. The van der Waals surface area contributed by atoms with Crippen LogP contribution in [0.2, 0.25) is 0 Å². The number of hydrogen-bond acceptors (Lipinski definition) is 8. The Morgan fingerprint density at radius 1 is 1.12 bits per heavy atom. The van der Waals surface area contributed by atoms with Crippen LogP contribution >= 0.6 is 31.9 Å². The molecule has 32 heavy (non-hydrogen) atoms. The van der Waals surface area contributed by atoms with E-state index in [1.54, 1.807) is 37.3 Å². The lowest BCUT2D eigenvalue weighted by Crippen LogP contribution is -2.60. The minimum atomic E-state index is -1.52. The fraction of sp³-hybridized carbons (Fsp3) is 0.333. The first-order valence-electron chi connectivity index (χ1n) is 9.77. The van der Waals surface area contributed by atoms with E-state index >= 15 is 0 Å². The van der Waals surface area contributed by atoms with Crippen LogP contribution < -0.4 is 10.9 Å². The summed E-state index contributed by atoms with van der Waals surface area (Å²) in [5, 5.41) is 43.3. The number of nitrogens with zero attached hydrogens (tertiary/aromatic N) is 2. The summed E-state index contributed by atoms with van der Waals surface area (Å²) < 4.78 is 8.39. The third kappa shape index (κ3) is 4.10. The van der Waals surface area contributed by atoms with Gasteiger partial charge in [-0.15, -0.1) is 0 Å². The first-order chi connectivity index (χ1) is 15.2. The molecular weight excluding hydrogens is 550 g/mol. The molecule has 1 aliphatic rings. The van der Waals surface area contributed by atoms with E-state index in [1.165, 1.54) is 4.57 Å². The van der Waals surface area contributed by atoms with Gasteiger partial charge in [-0.05, 0) is 47.1 Å². The summed E-state index contributed by atoms with van der Waals surface area (Å²) in [5.41, 5.74) is 1.12. The predicted octanol–water partition coefficient (Wildman–Crippen LogP) is 1.43. The normalized spacial score (nSPS) is 25.8. The molecule has 1 aromatic heterocycles. The van der Waals surface area contributed by atoms with Gasteiger partial charge in [0.15, 0.2) is 6.23 Å². The first kappa shape index (κ1) is 23.3. The van der Waals surface area contributed by atoms with Gasteiger partial charge < -0.3 is 30.5 Å².